The molecule has 2 aromatic rings. The topological polar surface area (TPSA) is 37.3 Å². The summed E-state index contributed by atoms with van der Waals surface area (Å²) in [6, 6.07) is 7.62. The Labute approximate surface area is 153 Å². The molecular weight excluding hydrogens is 359 g/mol. The summed E-state index contributed by atoms with van der Waals surface area (Å²) >= 11 is 1.05. The zero-order valence-electron chi connectivity index (χ0n) is 14.4. The van der Waals surface area contributed by atoms with Crippen LogP contribution in [0.5, 0.6) is 0 Å². The third-order valence-corrected chi connectivity index (χ3v) is 6.01. The second-order valence-corrected chi connectivity index (χ2v) is 7.73. The molecule has 2 aliphatic rings. The lowest BCUT2D eigenvalue weighted by Crippen LogP contribution is -2.41. The highest BCUT2D eigenvalue weighted by Crippen LogP contribution is 2.51. The van der Waals surface area contributed by atoms with Crippen LogP contribution in [0.1, 0.15) is 32.3 Å². The number of benzene rings is 1. The van der Waals surface area contributed by atoms with Crippen molar-refractivity contribution in [2.45, 2.75) is 43.3 Å². The number of nitrogens with zero attached hydrogens (tertiary/aromatic N) is 2. The number of fused-ring (bicyclic) bond motifs is 1. The summed E-state index contributed by atoms with van der Waals surface area (Å²) < 4.78 is 42.4. The second kappa shape index (κ2) is 6.09. The molecule has 0 unspecified atom stereocenters. The van der Waals surface area contributed by atoms with Gasteiger partial charge < -0.3 is 0 Å². The molecule has 0 radical (unpaired) electrons. The average molecular weight is 377 g/mol. The van der Waals surface area contributed by atoms with Crippen molar-refractivity contribution in [2.75, 3.05) is 6.54 Å². The van der Waals surface area contributed by atoms with E-state index in [-0.39, 0.29) is 12.8 Å². The van der Waals surface area contributed by atoms with Crippen LogP contribution in [-0.2, 0) is 0 Å². The first-order valence-corrected chi connectivity index (χ1v) is 9.23. The first-order chi connectivity index (χ1) is 12.3. The predicted octanol–water partition coefficient (Wildman–Crippen LogP) is 5.17. The van der Waals surface area contributed by atoms with E-state index in [0.717, 1.165) is 50.2 Å². The van der Waals surface area contributed by atoms with Gasteiger partial charge in [-0.3, -0.25) is 9.98 Å². The fourth-order valence-corrected chi connectivity index (χ4v) is 4.35. The predicted molar refractivity (Wildman–Crippen MR) is 99.3 cm³/mol. The van der Waals surface area contributed by atoms with Crippen molar-refractivity contribution in [3.8, 4) is 0 Å². The van der Waals surface area contributed by atoms with Crippen molar-refractivity contribution in [1.29, 1.82) is 0 Å². The lowest BCUT2D eigenvalue weighted by Gasteiger charge is -2.20. The highest BCUT2D eigenvalue weighted by molar-refractivity contribution is 7.97. The normalized spacial score (nSPS) is 19.2. The van der Waals surface area contributed by atoms with Crippen LogP contribution in [0, 0.1) is 0 Å². The zero-order valence-corrected chi connectivity index (χ0v) is 15.3. The van der Waals surface area contributed by atoms with E-state index in [2.05, 4.69) is 14.7 Å². The molecule has 1 N–H and O–H groups in total. The van der Waals surface area contributed by atoms with Crippen LogP contribution < -0.4 is 4.72 Å². The molecule has 1 saturated carbocycles. The molecule has 2 heterocycles. The van der Waals surface area contributed by atoms with Gasteiger partial charge in [0.25, 0.3) is 0 Å². The standard InChI is InChI=1S/C19H18F3N3S/c1-11-10-24-12(2)17(11)13-8-15-14(4-3-7-23-15)16(9-13)26-25-18(5-6-18)19(20,21)22/h3-4,7-9,25H,5-6,10H2,1-2H3. The number of halogens is 3. The van der Waals surface area contributed by atoms with Crippen molar-refractivity contribution in [3.63, 3.8) is 0 Å². The van der Waals surface area contributed by atoms with Crippen LogP contribution in [0.25, 0.3) is 16.5 Å². The molecule has 0 spiro atoms. The molecule has 4 rings (SSSR count). The van der Waals surface area contributed by atoms with Gasteiger partial charge in [0.15, 0.2) is 0 Å². The Morgan fingerprint density at radius 2 is 1.96 bits per heavy atom. The van der Waals surface area contributed by atoms with Gasteiger partial charge in [-0.05, 0) is 68.0 Å². The van der Waals surface area contributed by atoms with Gasteiger partial charge in [-0.15, -0.1) is 0 Å². The number of aromatic nitrogens is 1. The highest BCUT2D eigenvalue weighted by Gasteiger charge is 2.63. The molecule has 1 aliphatic carbocycles. The molecule has 1 fully saturated rings. The second-order valence-electron chi connectivity index (χ2n) is 6.89. The van der Waals surface area contributed by atoms with Crippen LogP contribution in [0.3, 0.4) is 0 Å². The van der Waals surface area contributed by atoms with E-state index >= 15 is 0 Å². The Balaban J connectivity index is 1.74. The number of alkyl halides is 3. The van der Waals surface area contributed by atoms with Crippen LogP contribution in [0.4, 0.5) is 13.2 Å². The SMILES string of the molecule is CC1=NCC(C)=C1c1cc(SNC2(C(F)(F)F)CC2)c2cccnc2c1. The summed E-state index contributed by atoms with van der Waals surface area (Å²) in [5, 5.41) is 0.845. The molecular formula is C19H18F3N3S. The maximum atomic E-state index is 13.2. The van der Waals surface area contributed by atoms with Gasteiger partial charge in [0, 0.05) is 27.8 Å². The van der Waals surface area contributed by atoms with E-state index < -0.39 is 11.7 Å². The Morgan fingerprint density at radius 1 is 1.19 bits per heavy atom. The summed E-state index contributed by atoms with van der Waals surface area (Å²) in [5.41, 5.74) is 3.14. The largest absolute Gasteiger partial charge is 0.407 e. The molecule has 136 valence electrons. The Hall–Kier alpha value is -1.86. The van der Waals surface area contributed by atoms with Crippen LogP contribution in [-0.4, -0.2) is 29.0 Å². The van der Waals surface area contributed by atoms with Crippen molar-refractivity contribution in [1.82, 2.24) is 9.71 Å². The number of pyridine rings is 1. The Bertz CT molecular complexity index is 943. The van der Waals surface area contributed by atoms with Gasteiger partial charge in [-0.1, -0.05) is 6.07 Å². The maximum Gasteiger partial charge on any atom is 0.407 e. The van der Waals surface area contributed by atoms with Crippen molar-refractivity contribution < 1.29 is 13.2 Å². The third kappa shape index (κ3) is 2.93. The average Bonchev–Trinajstić information content (AvgIpc) is 3.32. The van der Waals surface area contributed by atoms with E-state index in [9.17, 15) is 13.2 Å². The van der Waals surface area contributed by atoms with Crippen molar-refractivity contribution in [3.05, 3.63) is 41.6 Å². The molecule has 0 bridgehead atoms. The van der Waals surface area contributed by atoms with Crippen LogP contribution in [0.15, 0.2) is 45.9 Å². The Morgan fingerprint density at radius 3 is 2.58 bits per heavy atom. The molecule has 3 nitrogen and oxygen atoms in total. The summed E-state index contributed by atoms with van der Waals surface area (Å²) in [4.78, 5) is 9.62. The summed E-state index contributed by atoms with van der Waals surface area (Å²) in [6.07, 6.45) is -2.30. The quantitative estimate of drug-likeness (QED) is 0.747. The van der Waals surface area contributed by atoms with E-state index in [1.54, 1.807) is 12.3 Å². The zero-order chi connectivity index (χ0) is 18.5. The van der Waals surface area contributed by atoms with Gasteiger partial charge >= 0.3 is 6.18 Å². The maximum absolute atomic E-state index is 13.2. The smallest absolute Gasteiger partial charge is 0.285 e. The summed E-state index contributed by atoms with van der Waals surface area (Å²) in [5.74, 6) is 0. The minimum atomic E-state index is -4.24. The van der Waals surface area contributed by atoms with Gasteiger partial charge in [0.1, 0.15) is 5.54 Å². The number of hydrogen-bond donors (Lipinski definition) is 1. The van der Waals surface area contributed by atoms with E-state index in [1.807, 2.05) is 32.0 Å². The molecule has 0 saturated heterocycles. The number of allylic oxidation sites excluding steroid dienone is 1. The minimum absolute atomic E-state index is 0.120. The molecule has 0 atom stereocenters. The van der Waals surface area contributed by atoms with E-state index in [0.29, 0.717) is 6.54 Å². The van der Waals surface area contributed by atoms with Crippen molar-refractivity contribution >= 4 is 34.1 Å². The van der Waals surface area contributed by atoms with Crippen molar-refractivity contribution in [2.24, 2.45) is 4.99 Å². The monoisotopic (exact) mass is 377 g/mol. The molecule has 7 heteroatoms. The van der Waals surface area contributed by atoms with Gasteiger partial charge in [-0.25, -0.2) is 4.72 Å². The van der Waals surface area contributed by atoms with Crippen LogP contribution >= 0.6 is 11.9 Å². The third-order valence-electron chi connectivity index (χ3n) is 4.96. The highest BCUT2D eigenvalue weighted by atomic mass is 32.2. The fraction of sp³-hybridized carbons (Fsp3) is 0.368. The molecule has 1 aromatic heterocycles. The molecule has 1 aromatic carbocycles. The number of hydrogen-bond acceptors (Lipinski definition) is 4. The summed E-state index contributed by atoms with van der Waals surface area (Å²) in [7, 11) is 0. The molecule has 0 amide bonds. The fourth-order valence-electron chi connectivity index (χ4n) is 3.26. The van der Waals surface area contributed by atoms with E-state index in [1.165, 1.54) is 0 Å². The molecule has 1 aliphatic heterocycles. The van der Waals surface area contributed by atoms with Gasteiger partial charge in [0.2, 0.25) is 0 Å². The Kier molecular flexibility index (Phi) is 4.11. The lowest BCUT2D eigenvalue weighted by molar-refractivity contribution is -0.160. The lowest BCUT2D eigenvalue weighted by atomic mass is 9.98. The van der Waals surface area contributed by atoms with Gasteiger partial charge in [-0.2, -0.15) is 13.2 Å². The first-order valence-electron chi connectivity index (χ1n) is 8.42. The number of rotatable bonds is 4. The minimum Gasteiger partial charge on any atom is -0.285 e. The van der Waals surface area contributed by atoms with Gasteiger partial charge in [0.05, 0.1) is 12.1 Å². The van der Waals surface area contributed by atoms with E-state index in [4.69, 9.17) is 0 Å². The number of nitrogens with one attached hydrogen (secondary N) is 1. The van der Waals surface area contributed by atoms with Crippen LogP contribution in [0.2, 0.25) is 0 Å². The summed E-state index contributed by atoms with van der Waals surface area (Å²) in [6.45, 7) is 4.66. The number of aliphatic imine (C=N–C) groups is 1. The molecule has 26 heavy (non-hydrogen) atoms. The first kappa shape index (κ1) is 17.5.